The monoisotopic (exact) mass is 172 g/mol. The van der Waals surface area contributed by atoms with Crippen LogP contribution in [0.25, 0.3) is 11.3 Å². The highest BCUT2D eigenvalue weighted by molar-refractivity contribution is 5.56. The van der Waals surface area contributed by atoms with E-state index in [1.807, 2.05) is 18.2 Å². The lowest BCUT2D eigenvalue weighted by molar-refractivity contribution is -0.605. The highest BCUT2D eigenvalue weighted by Crippen LogP contribution is 2.12. The third kappa shape index (κ3) is 1.64. The van der Waals surface area contributed by atoms with E-state index >= 15 is 0 Å². The SMILES string of the molecule is [O-][n+]1ccc(-c2ccccn2)cc1. The summed E-state index contributed by atoms with van der Waals surface area (Å²) < 4.78 is 0.756. The van der Waals surface area contributed by atoms with E-state index < -0.39 is 0 Å². The summed E-state index contributed by atoms with van der Waals surface area (Å²) >= 11 is 0. The van der Waals surface area contributed by atoms with Crippen LogP contribution in [0.1, 0.15) is 0 Å². The zero-order valence-electron chi connectivity index (χ0n) is 6.92. The summed E-state index contributed by atoms with van der Waals surface area (Å²) in [7, 11) is 0. The molecule has 0 aliphatic rings. The molecule has 13 heavy (non-hydrogen) atoms. The minimum absolute atomic E-state index is 0.756. The van der Waals surface area contributed by atoms with Crippen LogP contribution in [-0.2, 0) is 0 Å². The summed E-state index contributed by atoms with van der Waals surface area (Å²) in [5.41, 5.74) is 1.83. The Balaban J connectivity index is 2.42. The number of pyridine rings is 2. The van der Waals surface area contributed by atoms with Crippen LogP contribution in [0.3, 0.4) is 0 Å². The van der Waals surface area contributed by atoms with Gasteiger partial charge in [-0.05, 0) is 12.1 Å². The molecule has 3 nitrogen and oxygen atoms in total. The van der Waals surface area contributed by atoms with Gasteiger partial charge in [-0.1, -0.05) is 6.07 Å². The second kappa shape index (κ2) is 3.23. The van der Waals surface area contributed by atoms with E-state index in [4.69, 9.17) is 0 Å². The predicted octanol–water partition coefficient (Wildman–Crippen LogP) is 1.38. The molecule has 0 spiro atoms. The summed E-state index contributed by atoms with van der Waals surface area (Å²) in [6.07, 6.45) is 4.65. The van der Waals surface area contributed by atoms with Crippen LogP contribution in [0, 0.1) is 5.21 Å². The van der Waals surface area contributed by atoms with Crippen LogP contribution in [0.4, 0.5) is 0 Å². The van der Waals surface area contributed by atoms with Crippen molar-refractivity contribution in [1.82, 2.24) is 4.98 Å². The first kappa shape index (κ1) is 7.73. The van der Waals surface area contributed by atoms with E-state index in [0.717, 1.165) is 16.0 Å². The van der Waals surface area contributed by atoms with Crippen molar-refractivity contribution in [2.24, 2.45) is 0 Å². The van der Waals surface area contributed by atoms with Crippen molar-refractivity contribution in [2.45, 2.75) is 0 Å². The van der Waals surface area contributed by atoms with Gasteiger partial charge in [-0.2, -0.15) is 4.73 Å². The van der Waals surface area contributed by atoms with Gasteiger partial charge in [-0.25, -0.2) is 0 Å². The molecule has 2 rings (SSSR count). The van der Waals surface area contributed by atoms with Gasteiger partial charge in [0, 0.05) is 23.9 Å². The summed E-state index contributed by atoms with van der Waals surface area (Å²) in [6, 6.07) is 9.18. The Hall–Kier alpha value is -1.90. The average molecular weight is 172 g/mol. The zero-order chi connectivity index (χ0) is 9.10. The van der Waals surface area contributed by atoms with Gasteiger partial charge in [0.2, 0.25) is 0 Å². The number of aromatic nitrogens is 2. The van der Waals surface area contributed by atoms with Crippen LogP contribution in [0.15, 0.2) is 48.9 Å². The molecule has 2 aromatic heterocycles. The van der Waals surface area contributed by atoms with Crippen molar-refractivity contribution in [1.29, 1.82) is 0 Å². The van der Waals surface area contributed by atoms with E-state index in [1.165, 1.54) is 12.4 Å². The second-order valence-corrected chi connectivity index (χ2v) is 2.66. The van der Waals surface area contributed by atoms with Crippen molar-refractivity contribution in [3.05, 3.63) is 54.1 Å². The molecule has 0 saturated carbocycles. The maximum Gasteiger partial charge on any atom is 0.181 e. The lowest BCUT2D eigenvalue weighted by Crippen LogP contribution is -2.23. The minimum Gasteiger partial charge on any atom is -0.619 e. The van der Waals surface area contributed by atoms with Crippen molar-refractivity contribution in [2.75, 3.05) is 0 Å². The smallest absolute Gasteiger partial charge is 0.181 e. The Bertz CT molecular complexity index is 383. The average Bonchev–Trinajstić information content (AvgIpc) is 2.20. The fourth-order valence-electron chi connectivity index (χ4n) is 1.12. The molecule has 3 heteroatoms. The Morgan fingerprint density at radius 1 is 1.08 bits per heavy atom. The molecule has 0 fully saturated rings. The standard InChI is InChI=1S/C10H8N2O/c13-12-7-4-9(5-8-12)10-3-1-2-6-11-10/h1-8H. The topological polar surface area (TPSA) is 39.8 Å². The second-order valence-electron chi connectivity index (χ2n) is 2.66. The first-order valence-corrected chi connectivity index (χ1v) is 3.96. The number of hydrogen-bond donors (Lipinski definition) is 0. The molecule has 0 amide bonds. The van der Waals surface area contributed by atoms with Gasteiger partial charge in [0.05, 0.1) is 5.69 Å². The van der Waals surface area contributed by atoms with Crippen LogP contribution in [0.5, 0.6) is 0 Å². The van der Waals surface area contributed by atoms with Gasteiger partial charge in [0.15, 0.2) is 12.4 Å². The molecule has 0 bridgehead atoms. The number of rotatable bonds is 1. The molecule has 0 atom stereocenters. The van der Waals surface area contributed by atoms with Crippen LogP contribution < -0.4 is 4.73 Å². The van der Waals surface area contributed by atoms with E-state index in [1.54, 1.807) is 18.3 Å². The molecule has 64 valence electrons. The normalized spacial score (nSPS) is 9.85. The maximum atomic E-state index is 10.7. The van der Waals surface area contributed by atoms with E-state index in [-0.39, 0.29) is 0 Å². The van der Waals surface area contributed by atoms with Gasteiger partial charge < -0.3 is 5.21 Å². The van der Waals surface area contributed by atoms with Crippen molar-refractivity contribution < 1.29 is 4.73 Å². The first-order valence-electron chi connectivity index (χ1n) is 3.96. The third-order valence-electron chi connectivity index (χ3n) is 1.76. The van der Waals surface area contributed by atoms with Gasteiger partial charge in [-0.3, -0.25) is 4.98 Å². The van der Waals surface area contributed by atoms with E-state index in [0.29, 0.717) is 0 Å². The predicted molar refractivity (Wildman–Crippen MR) is 48.6 cm³/mol. The van der Waals surface area contributed by atoms with Crippen LogP contribution in [-0.4, -0.2) is 4.98 Å². The Kier molecular flexibility index (Phi) is 1.92. The highest BCUT2D eigenvalue weighted by Gasteiger charge is 1.98. The van der Waals surface area contributed by atoms with E-state index in [2.05, 4.69) is 4.98 Å². The van der Waals surface area contributed by atoms with Gasteiger partial charge >= 0.3 is 0 Å². The molecule has 0 N–H and O–H groups in total. The Morgan fingerprint density at radius 3 is 2.46 bits per heavy atom. The van der Waals surface area contributed by atoms with Crippen molar-refractivity contribution in [3.63, 3.8) is 0 Å². The van der Waals surface area contributed by atoms with Gasteiger partial charge in [-0.15, -0.1) is 0 Å². The lowest BCUT2D eigenvalue weighted by atomic mass is 10.2. The number of nitrogens with zero attached hydrogens (tertiary/aromatic N) is 2. The fraction of sp³-hybridized carbons (Fsp3) is 0. The molecule has 0 aliphatic carbocycles. The molecule has 0 unspecified atom stereocenters. The lowest BCUT2D eigenvalue weighted by Gasteiger charge is -1.99. The quantitative estimate of drug-likeness (QED) is 0.481. The van der Waals surface area contributed by atoms with Gasteiger partial charge in [0.1, 0.15) is 0 Å². The molecule has 2 aromatic rings. The molecular weight excluding hydrogens is 164 g/mol. The summed E-state index contributed by atoms with van der Waals surface area (Å²) in [5.74, 6) is 0. The summed E-state index contributed by atoms with van der Waals surface area (Å²) in [4.78, 5) is 4.17. The van der Waals surface area contributed by atoms with Crippen LogP contribution in [0.2, 0.25) is 0 Å². The molecule has 0 aromatic carbocycles. The Morgan fingerprint density at radius 2 is 1.85 bits per heavy atom. The van der Waals surface area contributed by atoms with Crippen LogP contribution >= 0.6 is 0 Å². The summed E-state index contributed by atoms with van der Waals surface area (Å²) in [5, 5.41) is 10.7. The largest absolute Gasteiger partial charge is 0.619 e. The first-order chi connectivity index (χ1) is 6.36. The fourth-order valence-corrected chi connectivity index (χ4v) is 1.12. The highest BCUT2D eigenvalue weighted by atomic mass is 16.5. The third-order valence-corrected chi connectivity index (χ3v) is 1.76. The molecule has 0 saturated heterocycles. The van der Waals surface area contributed by atoms with Crippen molar-refractivity contribution >= 4 is 0 Å². The minimum atomic E-state index is 0.756. The number of hydrogen-bond acceptors (Lipinski definition) is 2. The summed E-state index contributed by atoms with van der Waals surface area (Å²) in [6.45, 7) is 0. The van der Waals surface area contributed by atoms with Gasteiger partial charge in [0.25, 0.3) is 0 Å². The molecule has 2 heterocycles. The zero-order valence-corrected chi connectivity index (χ0v) is 6.92. The molecular formula is C10H8N2O. The molecule has 0 aliphatic heterocycles. The molecule has 0 radical (unpaired) electrons. The maximum absolute atomic E-state index is 10.7. The Labute approximate surface area is 75.9 Å². The van der Waals surface area contributed by atoms with Crippen molar-refractivity contribution in [3.8, 4) is 11.3 Å². The van der Waals surface area contributed by atoms with E-state index in [9.17, 15) is 5.21 Å².